The highest BCUT2D eigenvalue weighted by Gasteiger charge is 2.11. The van der Waals surface area contributed by atoms with E-state index >= 15 is 0 Å². The van der Waals surface area contributed by atoms with Crippen molar-refractivity contribution >= 4 is 56.8 Å². The standard InChI is InChI=1S/C14H17BrN4.HI/c1-19-7-6-17-14(19)16-5-4-10-9-18-13-3-2-11(15)8-12(10)13;/h2-3,8-9,18H,4-7H2,1H3,(H,16,17);1H. The highest BCUT2D eigenvalue weighted by Crippen LogP contribution is 2.22. The lowest BCUT2D eigenvalue weighted by Crippen LogP contribution is -2.36. The van der Waals surface area contributed by atoms with Crippen LogP contribution in [0.5, 0.6) is 0 Å². The van der Waals surface area contributed by atoms with E-state index in [-0.39, 0.29) is 24.0 Å². The molecule has 1 aliphatic rings. The molecule has 0 spiro atoms. The van der Waals surface area contributed by atoms with Gasteiger partial charge < -0.3 is 15.2 Å². The van der Waals surface area contributed by atoms with Crippen molar-refractivity contribution in [3.63, 3.8) is 0 Å². The molecule has 2 aromatic rings. The molecule has 0 radical (unpaired) electrons. The van der Waals surface area contributed by atoms with E-state index in [0.29, 0.717) is 0 Å². The number of aromatic amines is 1. The van der Waals surface area contributed by atoms with Crippen molar-refractivity contribution in [1.29, 1.82) is 0 Å². The summed E-state index contributed by atoms with van der Waals surface area (Å²) in [6.45, 7) is 2.82. The first-order valence-corrected chi connectivity index (χ1v) is 7.28. The van der Waals surface area contributed by atoms with E-state index in [1.807, 2.05) is 0 Å². The summed E-state index contributed by atoms with van der Waals surface area (Å²) in [5.74, 6) is 1.01. The van der Waals surface area contributed by atoms with Crippen molar-refractivity contribution in [2.75, 3.05) is 26.7 Å². The van der Waals surface area contributed by atoms with Crippen LogP contribution in [0, 0.1) is 0 Å². The molecule has 1 aromatic carbocycles. The monoisotopic (exact) mass is 448 g/mol. The van der Waals surface area contributed by atoms with Crippen molar-refractivity contribution in [2.24, 2.45) is 4.99 Å². The minimum atomic E-state index is 0. The Morgan fingerprint density at radius 3 is 3.05 bits per heavy atom. The van der Waals surface area contributed by atoms with E-state index in [4.69, 9.17) is 0 Å². The predicted molar refractivity (Wildman–Crippen MR) is 98.1 cm³/mol. The second kappa shape index (κ2) is 6.80. The van der Waals surface area contributed by atoms with Gasteiger partial charge in [0.15, 0.2) is 5.96 Å². The SMILES string of the molecule is CN1CCN=C1NCCc1c[nH]c2ccc(Br)cc12.I. The number of guanidine groups is 1. The Bertz CT molecular complexity index is 623. The molecule has 2 heterocycles. The molecule has 20 heavy (non-hydrogen) atoms. The molecule has 4 nitrogen and oxygen atoms in total. The Hall–Kier alpha value is -0.760. The maximum atomic E-state index is 4.43. The summed E-state index contributed by atoms with van der Waals surface area (Å²) in [4.78, 5) is 9.90. The van der Waals surface area contributed by atoms with E-state index in [1.165, 1.54) is 16.5 Å². The maximum absolute atomic E-state index is 4.43. The summed E-state index contributed by atoms with van der Waals surface area (Å²) < 4.78 is 1.12. The van der Waals surface area contributed by atoms with E-state index in [2.05, 4.69) is 67.6 Å². The second-order valence-electron chi connectivity index (χ2n) is 4.81. The van der Waals surface area contributed by atoms with Gasteiger partial charge in [-0.3, -0.25) is 4.99 Å². The number of H-pyrrole nitrogens is 1. The Morgan fingerprint density at radius 1 is 1.45 bits per heavy atom. The van der Waals surface area contributed by atoms with Gasteiger partial charge in [-0.1, -0.05) is 15.9 Å². The van der Waals surface area contributed by atoms with E-state index in [1.54, 1.807) is 0 Å². The molecule has 2 N–H and O–H groups in total. The lowest BCUT2D eigenvalue weighted by molar-refractivity contribution is 0.534. The first-order valence-electron chi connectivity index (χ1n) is 6.49. The molecule has 1 aromatic heterocycles. The summed E-state index contributed by atoms with van der Waals surface area (Å²) in [7, 11) is 2.07. The van der Waals surface area contributed by atoms with Gasteiger partial charge in [0, 0.05) is 41.7 Å². The van der Waals surface area contributed by atoms with Crippen LogP contribution in [0.4, 0.5) is 0 Å². The fourth-order valence-corrected chi connectivity index (χ4v) is 2.75. The molecule has 0 saturated heterocycles. The zero-order chi connectivity index (χ0) is 13.2. The summed E-state index contributed by atoms with van der Waals surface area (Å²) in [5, 5.41) is 4.69. The molecule has 108 valence electrons. The number of fused-ring (bicyclic) bond motifs is 1. The Labute approximate surface area is 144 Å². The number of halogens is 2. The van der Waals surface area contributed by atoms with Gasteiger partial charge in [-0.05, 0) is 30.2 Å². The lowest BCUT2D eigenvalue weighted by Gasteiger charge is -2.14. The number of aromatic nitrogens is 1. The predicted octanol–water partition coefficient (Wildman–Crippen LogP) is 2.98. The fraction of sp³-hybridized carbons (Fsp3) is 0.357. The summed E-state index contributed by atoms with van der Waals surface area (Å²) in [5.41, 5.74) is 2.53. The fourth-order valence-electron chi connectivity index (χ4n) is 2.39. The van der Waals surface area contributed by atoms with Crippen LogP contribution in [0.1, 0.15) is 5.56 Å². The third-order valence-corrected chi connectivity index (χ3v) is 3.96. The zero-order valence-electron chi connectivity index (χ0n) is 11.3. The highest BCUT2D eigenvalue weighted by atomic mass is 127. The van der Waals surface area contributed by atoms with Gasteiger partial charge in [0.05, 0.1) is 6.54 Å². The van der Waals surface area contributed by atoms with Gasteiger partial charge in [-0.2, -0.15) is 0 Å². The van der Waals surface area contributed by atoms with Crippen LogP contribution in [-0.2, 0) is 6.42 Å². The molecule has 0 saturated carbocycles. The average molecular weight is 449 g/mol. The van der Waals surface area contributed by atoms with Crippen molar-refractivity contribution in [1.82, 2.24) is 15.2 Å². The van der Waals surface area contributed by atoms with Crippen LogP contribution in [0.25, 0.3) is 10.9 Å². The van der Waals surface area contributed by atoms with Crippen molar-refractivity contribution < 1.29 is 0 Å². The molecular weight excluding hydrogens is 431 g/mol. The number of nitrogens with zero attached hydrogens (tertiary/aromatic N) is 2. The van der Waals surface area contributed by atoms with Crippen LogP contribution in [0.15, 0.2) is 33.9 Å². The highest BCUT2D eigenvalue weighted by molar-refractivity contribution is 14.0. The molecule has 0 amide bonds. The van der Waals surface area contributed by atoms with Gasteiger partial charge in [-0.25, -0.2) is 0 Å². The van der Waals surface area contributed by atoms with Crippen LogP contribution < -0.4 is 5.32 Å². The number of benzene rings is 1. The molecular formula is C14H18BrIN4. The van der Waals surface area contributed by atoms with Gasteiger partial charge in [0.1, 0.15) is 0 Å². The van der Waals surface area contributed by atoms with Crippen molar-refractivity contribution in [3.05, 3.63) is 34.4 Å². The van der Waals surface area contributed by atoms with Crippen LogP contribution in [0.2, 0.25) is 0 Å². The van der Waals surface area contributed by atoms with E-state index < -0.39 is 0 Å². The number of rotatable bonds is 3. The topological polar surface area (TPSA) is 43.4 Å². The van der Waals surface area contributed by atoms with Gasteiger partial charge in [-0.15, -0.1) is 24.0 Å². The van der Waals surface area contributed by atoms with Gasteiger partial charge >= 0.3 is 0 Å². The molecule has 0 atom stereocenters. The van der Waals surface area contributed by atoms with Crippen molar-refractivity contribution in [3.8, 4) is 0 Å². The summed E-state index contributed by atoms with van der Waals surface area (Å²) >= 11 is 3.53. The third kappa shape index (κ3) is 3.28. The molecule has 0 fully saturated rings. The normalized spacial score (nSPS) is 14.3. The quantitative estimate of drug-likeness (QED) is 0.709. The minimum Gasteiger partial charge on any atom is -0.361 e. The Balaban J connectivity index is 0.00000147. The van der Waals surface area contributed by atoms with Crippen molar-refractivity contribution in [2.45, 2.75) is 6.42 Å². The summed E-state index contributed by atoms with van der Waals surface area (Å²) in [6, 6.07) is 6.33. The zero-order valence-corrected chi connectivity index (χ0v) is 15.2. The molecule has 0 bridgehead atoms. The number of nitrogens with one attached hydrogen (secondary N) is 2. The molecule has 0 unspecified atom stereocenters. The smallest absolute Gasteiger partial charge is 0.193 e. The number of hydrogen-bond acceptors (Lipinski definition) is 3. The van der Waals surface area contributed by atoms with Crippen LogP contribution in [-0.4, -0.2) is 42.5 Å². The Morgan fingerprint density at radius 2 is 2.30 bits per heavy atom. The molecule has 6 heteroatoms. The van der Waals surface area contributed by atoms with E-state index in [0.717, 1.165) is 36.5 Å². The summed E-state index contributed by atoms with van der Waals surface area (Å²) in [6.07, 6.45) is 3.09. The Kier molecular flexibility index (Phi) is 5.31. The molecule has 0 aliphatic carbocycles. The second-order valence-corrected chi connectivity index (χ2v) is 5.72. The van der Waals surface area contributed by atoms with Crippen LogP contribution in [0.3, 0.4) is 0 Å². The number of aliphatic imine (C=N–C) groups is 1. The maximum Gasteiger partial charge on any atom is 0.193 e. The number of hydrogen-bond donors (Lipinski definition) is 2. The average Bonchev–Trinajstić information content (AvgIpc) is 2.97. The van der Waals surface area contributed by atoms with Crippen LogP contribution >= 0.6 is 39.9 Å². The van der Waals surface area contributed by atoms with Gasteiger partial charge in [0.25, 0.3) is 0 Å². The minimum absolute atomic E-state index is 0. The van der Waals surface area contributed by atoms with E-state index in [9.17, 15) is 0 Å². The number of likely N-dealkylation sites (N-methyl/N-ethyl adjacent to an activating group) is 1. The first kappa shape index (κ1) is 15.6. The largest absolute Gasteiger partial charge is 0.361 e. The lowest BCUT2D eigenvalue weighted by atomic mass is 10.1. The molecule has 3 rings (SSSR count). The first-order chi connectivity index (χ1) is 9.24. The van der Waals surface area contributed by atoms with Gasteiger partial charge in [0.2, 0.25) is 0 Å². The molecule has 1 aliphatic heterocycles. The third-order valence-electron chi connectivity index (χ3n) is 3.47.